The Morgan fingerprint density at radius 3 is 2.41 bits per heavy atom. The zero-order valence-corrected chi connectivity index (χ0v) is 17.9. The molecule has 5 nitrogen and oxygen atoms in total. The Balaban J connectivity index is 1.49. The predicted octanol–water partition coefficient (Wildman–Crippen LogP) is 5.43. The number of imidazole rings is 1. The van der Waals surface area contributed by atoms with Crippen LogP contribution in [0.5, 0.6) is 0 Å². The van der Waals surface area contributed by atoms with Crippen LogP contribution < -0.4 is 5.32 Å². The average molecular weight is 471 g/mol. The smallest absolute Gasteiger partial charge is 0.367 e. The first-order valence-corrected chi connectivity index (χ1v) is 10.5. The first kappa shape index (κ1) is 23.4. The molecule has 4 rings (SSSR count). The molecule has 0 saturated carbocycles. The van der Waals surface area contributed by atoms with Gasteiger partial charge in [0.1, 0.15) is 12.4 Å². The number of nitrogens with one attached hydrogen (secondary N) is 1. The molecule has 1 aromatic heterocycles. The first-order chi connectivity index (χ1) is 16.3. The van der Waals surface area contributed by atoms with Crippen LogP contribution in [0.15, 0.2) is 79.1 Å². The predicted molar refractivity (Wildman–Crippen MR) is 118 cm³/mol. The molecule has 0 fully saturated rings. The summed E-state index contributed by atoms with van der Waals surface area (Å²) in [4.78, 5) is 17.3. The van der Waals surface area contributed by atoms with Crippen molar-refractivity contribution in [2.75, 3.05) is 6.61 Å². The molecule has 0 bridgehead atoms. The molecular weight excluding hydrogens is 450 g/mol. The third-order valence-corrected chi connectivity index (χ3v) is 5.23. The molecule has 0 saturated heterocycles. The van der Waals surface area contributed by atoms with E-state index in [2.05, 4.69) is 15.0 Å². The van der Waals surface area contributed by atoms with E-state index in [1.54, 1.807) is 30.6 Å². The number of fused-ring (bicyclic) bond motifs is 1. The maximum absolute atomic E-state index is 13.5. The lowest BCUT2D eigenvalue weighted by molar-refractivity contribution is -0.176. The molecule has 1 N–H and O–H groups in total. The average Bonchev–Trinajstić information content (AvgIpc) is 3.22. The lowest BCUT2D eigenvalue weighted by atomic mass is 10.1. The third-order valence-electron chi connectivity index (χ3n) is 5.23. The van der Waals surface area contributed by atoms with Crippen molar-refractivity contribution in [3.05, 3.63) is 102 Å². The molecular formula is C25H21F4N3O2. The second kappa shape index (κ2) is 10.0. The summed E-state index contributed by atoms with van der Waals surface area (Å²) in [6.45, 7) is -1.19. The van der Waals surface area contributed by atoms with Gasteiger partial charge in [0.2, 0.25) is 0 Å². The number of para-hydroxylation sites is 2. The van der Waals surface area contributed by atoms with E-state index < -0.39 is 18.8 Å². The molecule has 0 aliphatic carbocycles. The Hall–Kier alpha value is -3.72. The highest BCUT2D eigenvalue weighted by molar-refractivity contribution is 5.94. The van der Waals surface area contributed by atoms with Crippen LogP contribution in [0.3, 0.4) is 0 Å². The SMILES string of the molecule is O=C(N[C@H](Cn1cnc2ccccc21)c1ccc(F)cc1)c1ccc(COCC(F)(F)F)cc1. The van der Waals surface area contributed by atoms with E-state index in [0.717, 1.165) is 11.0 Å². The molecule has 0 unspecified atom stereocenters. The minimum absolute atomic E-state index is 0.215. The Labute approximate surface area is 193 Å². The van der Waals surface area contributed by atoms with E-state index in [9.17, 15) is 22.4 Å². The molecule has 1 heterocycles. The summed E-state index contributed by atoms with van der Waals surface area (Å²) in [5.41, 5.74) is 3.27. The highest BCUT2D eigenvalue weighted by Gasteiger charge is 2.27. The highest BCUT2D eigenvalue weighted by Crippen LogP contribution is 2.21. The van der Waals surface area contributed by atoms with Crippen LogP contribution in [-0.2, 0) is 17.9 Å². The first-order valence-electron chi connectivity index (χ1n) is 10.5. The summed E-state index contributed by atoms with van der Waals surface area (Å²) >= 11 is 0. The number of carbonyl (C=O) groups excluding carboxylic acids is 1. The number of aromatic nitrogens is 2. The van der Waals surface area contributed by atoms with Gasteiger partial charge in [-0.25, -0.2) is 9.37 Å². The van der Waals surface area contributed by atoms with Crippen LogP contribution in [0.2, 0.25) is 0 Å². The lowest BCUT2D eigenvalue weighted by Gasteiger charge is -2.20. The molecule has 0 aliphatic rings. The molecule has 9 heteroatoms. The number of carbonyl (C=O) groups is 1. The molecule has 1 atom stereocenters. The number of hydrogen-bond acceptors (Lipinski definition) is 3. The van der Waals surface area contributed by atoms with E-state index >= 15 is 0 Å². The summed E-state index contributed by atoms with van der Waals surface area (Å²) < 4.78 is 56.7. The number of amides is 1. The highest BCUT2D eigenvalue weighted by atomic mass is 19.4. The van der Waals surface area contributed by atoms with Crippen molar-refractivity contribution in [3.8, 4) is 0 Å². The van der Waals surface area contributed by atoms with Gasteiger partial charge in [0.05, 0.1) is 30.0 Å². The van der Waals surface area contributed by atoms with Crippen LogP contribution in [0.25, 0.3) is 11.0 Å². The zero-order chi connectivity index (χ0) is 24.1. The van der Waals surface area contributed by atoms with E-state index in [0.29, 0.717) is 23.2 Å². The third kappa shape index (κ3) is 5.99. The van der Waals surface area contributed by atoms with Gasteiger partial charge in [-0.3, -0.25) is 4.79 Å². The Kier molecular flexibility index (Phi) is 6.93. The van der Waals surface area contributed by atoms with Gasteiger partial charge in [0, 0.05) is 12.1 Å². The number of alkyl halides is 3. The number of nitrogens with zero attached hydrogens (tertiary/aromatic N) is 2. The van der Waals surface area contributed by atoms with E-state index in [4.69, 9.17) is 0 Å². The van der Waals surface area contributed by atoms with Crippen LogP contribution in [-0.4, -0.2) is 28.2 Å². The van der Waals surface area contributed by atoms with Crippen LogP contribution in [0.4, 0.5) is 17.6 Å². The summed E-state index contributed by atoms with van der Waals surface area (Å²) in [5, 5.41) is 2.96. The zero-order valence-electron chi connectivity index (χ0n) is 17.9. The lowest BCUT2D eigenvalue weighted by Crippen LogP contribution is -2.31. The monoisotopic (exact) mass is 471 g/mol. The standard InChI is InChI=1S/C25H21F4N3O2/c26-20-11-9-18(10-12-20)22(13-32-16-30-21-3-1-2-4-23(21)32)31-24(33)19-7-5-17(6-8-19)14-34-15-25(27,28)29/h1-12,16,22H,13-15H2,(H,31,33)/t22-/m1/s1. The summed E-state index contributed by atoms with van der Waals surface area (Å²) in [6, 6.07) is 19.1. The molecule has 34 heavy (non-hydrogen) atoms. The second-order valence-electron chi connectivity index (χ2n) is 7.77. The van der Waals surface area contributed by atoms with Gasteiger partial charge in [-0.05, 0) is 47.5 Å². The van der Waals surface area contributed by atoms with Crippen molar-refractivity contribution < 1.29 is 27.1 Å². The summed E-state index contributed by atoms with van der Waals surface area (Å²) in [7, 11) is 0. The minimum atomic E-state index is -4.39. The normalized spacial score (nSPS) is 12.6. The van der Waals surface area contributed by atoms with Gasteiger partial charge < -0.3 is 14.6 Å². The van der Waals surface area contributed by atoms with Gasteiger partial charge in [-0.15, -0.1) is 0 Å². The van der Waals surface area contributed by atoms with Crippen LogP contribution in [0.1, 0.15) is 27.5 Å². The molecule has 0 radical (unpaired) electrons. The van der Waals surface area contributed by atoms with Crippen molar-refractivity contribution in [1.29, 1.82) is 0 Å². The molecule has 0 spiro atoms. The maximum Gasteiger partial charge on any atom is 0.411 e. The van der Waals surface area contributed by atoms with Crippen LogP contribution in [0, 0.1) is 5.82 Å². The molecule has 1 amide bonds. The number of ether oxygens (including phenoxy) is 1. The Morgan fingerprint density at radius 1 is 1.00 bits per heavy atom. The fourth-order valence-electron chi connectivity index (χ4n) is 3.56. The van der Waals surface area contributed by atoms with E-state index in [-0.39, 0.29) is 18.3 Å². The number of halogens is 4. The van der Waals surface area contributed by atoms with Crippen molar-refractivity contribution in [3.63, 3.8) is 0 Å². The van der Waals surface area contributed by atoms with Crippen molar-refractivity contribution in [2.24, 2.45) is 0 Å². The van der Waals surface area contributed by atoms with Crippen molar-refractivity contribution in [2.45, 2.75) is 25.4 Å². The number of rotatable bonds is 8. The molecule has 3 aromatic carbocycles. The number of hydrogen-bond donors (Lipinski definition) is 1. The van der Waals surface area contributed by atoms with E-state index in [1.165, 1.54) is 24.3 Å². The van der Waals surface area contributed by atoms with Gasteiger partial charge in [0.25, 0.3) is 5.91 Å². The summed E-state index contributed by atoms with van der Waals surface area (Å²) in [6.07, 6.45) is -2.71. The summed E-state index contributed by atoms with van der Waals surface area (Å²) in [5.74, 6) is -0.758. The second-order valence-corrected chi connectivity index (χ2v) is 7.77. The van der Waals surface area contributed by atoms with Gasteiger partial charge >= 0.3 is 6.18 Å². The Bertz CT molecular complexity index is 1250. The topological polar surface area (TPSA) is 56.2 Å². The van der Waals surface area contributed by atoms with Crippen molar-refractivity contribution in [1.82, 2.24) is 14.9 Å². The fourth-order valence-corrected chi connectivity index (χ4v) is 3.56. The van der Waals surface area contributed by atoms with E-state index in [1.807, 2.05) is 28.8 Å². The molecule has 0 aliphatic heterocycles. The van der Waals surface area contributed by atoms with Crippen molar-refractivity contribution >= 4 is 16.9 Å². The number of benzene rings is 3. The largest absolute Gasteiger partial charge is 0.411 e. The molecule has 4 aromatic rings. The van der Waals surface area contributed by atoms with Crippen LogP contribution >= 0.6 is 0 Å². The quantitative estimate of drug-likeness (QED) is 0.349. The Morgan fingerprint density at radius 2 is 1.71 bits per heavy atom. The van der Waals surface area contributed by atoms with Gasteiger partial charge in [0.15, 0.2) is 0 Å². The fraction of sp³-hybridized carbons (Fsp3) is 0.200. The van der Waals surface area contributed by atoms with Gasteiger partial charge in [-0.1, -0.05) is 36.4 Å². The van der Waals surface area contributed by atoms with Gasteiger partial charge in [-0.2, -0.15) is 13.2 Å². The maximum atomic E-state index is 13.5. The molecule has 176 valence electrons. The minimum Gasteiger partial charge on any atom is -0.367 e.